The van der Waals surface area contributed by atoms with Crippen LogP contribution in [0.4, 0.5) is 16.3 Å². The Hall–Kier alpha value is -3.96. The van der Waals surface area contributed by atoms with E-state index in [1.165, 1.54) is 0 Å². The zero-order chi connectivity index (χ0) is 26.5. The van der Waals surface area contributed by atoms with Gasteiger partial charge in [-0.15, -0.1) is 0 Å². The highest BCUT2D eigenvalue weighted by Gasteiger charge is 2.20. The minimum absolute atomic E-state index is 0.192. The van der Waals surface area contributed by atoms with E-state index in [0.717, 1.165) is 50.4 Å². The quantitative estimate of drug-likeness (QED) is 0.328. The van der Waals surface area contributed by atoms with Gasteiger partial charge in [-0.2, -0.15) is 10.1 Å². The summed E-state index contributed by atoms with van der Waals surface area (Å²) in [6, 6.07) is 10.6. The standard InChI is InChI=1S/C27H33N7O4/c1-27(2,3)22-17-23(32-38-22)30-26(35)29-20-7-5-19(6-8-20)21-18-28-34-11-9-24(31-25(21)34)37-14-4-10-33-12-15-36-16-13-33/h5-9,11,17-18H,4,10,12-16H2,1-3H3,(H2,29,30,32,35). The monoisotopic (exact) mass is 519 g/mol. The number of urea groups is 1. The van der Waals surface area contributed by atoms with Crippen LogP contribution in [0.25, 0.3) is 16.8 Å². The Morgan fingerprint density at radius 2 is 1.89 bits per heavy atom. The Bertz CT molecular complexity index is 1370. The van der Waals surface area contributed by atoms with Crippen LogP contribution in [-0.2, 0) is 10.2 Å². The lowest BCUT2D eigenvalue weighted by atomic mass is 9.93. The number of carbonyl (C=O) groups is 1. The molecule has 0 bridgehead atoms. The molecule has 1 saturated heterocycles. The van der Waals surface area contributed by atoms with Crippen molar-refractivity contribution >= 4 is 23.2 Å². The number of nitrogens with one attached hydrogen (secondary N) is 2. The van der Waals surface area contributed by atoms with Crippen LogP contribution in [0, 0.1) is 0 Å². The fourth-order valence-corrected chi connectivity index (χ4v) is 4.13. The van der Waals surface area contributed by atoms with E-state index in [1.54, 1.807) is 16.8 Å². The second-order valence-corrected chi connectivity index (χ2v) is 10.2. The van der Waals surface area contributed by atoms with Gasteiger partial charge in [0.15, 0.2) is 11.5 Å². The summed E-state index contributed by atoms with van der Waals surface area (Å²) in [5.74, 6) is 1.62. The first kappa shape index (κ1) is 25.7. The lowest BCUT2D eigenvalue weighted by molar-refractivity contribution is 0.0357. The average Bonchev–Trinajstić information content (AvgIpc) is 3.55. The molecule has 1 aromatic carbocycles. The molecule has 11 heteroatoms. The summed E-state index contributed by atoms with van der Waals surface area (Å²) >= 11 is 0. The van der Waals surface area contributed by atoms with E-state index in [0.29, 0.717) is 35.4 Å². The molecule has 1 aliphatic rings. The van der Waals surface area contributed by atoms with Gasteiger partial charge >= 0.3 is 6.03 Å². The van der Waals surface area contributed by atoms with E-state index in [9.17, 15) is 4.79 Å². The van der Waals surface area contributed by atoms with E-state index in [1.807, 2.05) is 57.3 Å². The largest absolute Gasteiger partial charge is 0.478 e. The van der Waals surface area contributed by atoms with Gasteiger partial charge in [-0.3, -0.25) is 10.2 Å². The summed E-state index contributed by atoms with van der Waals surface area (Å²) in [6.45, 7) is 11.2. The molecule has 0 spiro atoms. The molecule has 0 aliphatic carbocycles. The molecule has 11 nitrogen and oxygen atoms in total. The second kappa shape index (κ2) is 11.2. The fraction of sp³-hybridized carbons (Fsp3) is 0.407. The predicted octanol–water partition coefficient (Wildman–Crippen LogP) is 4.43. The minimum Gasteiger partial charge on any atom is -0.478 e. The van der Waals surface area contributed by atoms with Gasteiger partial charge in [-0.25, -0.2) is 9.31 Å². The van der Waals surface area contributed by atoms with Gasteiger partial charge in [0.2, 0.25) is 5.88 Å². The molecule has 3 aromatic heterocycles. The summed E-state index contributed by atoms with van der Waals surface area (Å²) < 4.78 is 18.3. The zero-order valence-corrected chi connectivity index (χ0v) is 21.9. The molecule has 2 amide bonds. The summed E-state index contributed by atoms with van der Waals surface area (Å²) in [5, 5.41) is 13.8. The molecule has 5 rings (SSSR count). The van der Waals surface area contributed by atoms with Crippen molar-refractivity contribution in [2.75, 3.05) is 50.1 Å². The number of ether oxygens (including phenoxy) is 2. The van der Waals surface area contributed by atoms with Crippen LogP contribution in [0.3, 0.4) is 0 Å². The maximum atomic E-state index is 12.4. The maximum Gasteiger partial charge on any atom is 0.324 e. The number of amides is 2. The Labute approximate surface area is 221 Å². The first-order valence-corrected chi connectivity index (χ1v) is 12.8. The van der Waals surface area contributed by atoms with Crippen molar-refractivity contribution in [3.63, 3.8) is 0 Å². The number of aromatic nitrogens is 4. The van der Waals surface area contributed by atoms with Crippen molar-refractivity contribution < 1.29 is 18.8 Å². The summed E-state index contributed by atoms with van der Waals surface area (Å²) in [7, 11) is 0. The molecule has 2 N–H and O–H groups in total. The molecule has 4 heterocycles. The van der Waals surface area contributed by atoms with Crippen molar-refractivity contribution in [1.29, 1.82) is 0 Å². The van der Waals surface area contributed by atoms with Crippen LogP contribution in [0.1, 0.15) is 33.0 Å². The second-order valence-electron chi connectivity index (χ2n) is 10.2. The van der Waals surface area contributed by atoms with Crippen LogP contribution in [0.15, 0.2) is 53.3 Å². The van der Waals surface area contributed by atoms with Crippen LogP contribution < -0.4 is 15.4 Å². The van der Waals surface area contributed by atoms with Crippen LogP contribution in [0.2, 0.25) is 0 Å². The molecule has 0 atom stereocenters. The molecule has 0 unspecified atom stereocenters. The molecule has 4 aromatic rings. The Morgan fingerprint density at radius 1 is 1.11 bits per heavy atom. The van der Waals surface area contributed by atoms with Crippen molar-refractivity contribution in [3.8, 4) is 17.0 Å². The number of morpholine rings is 1. The third kappa shape index (κ3) is 6.29. The van der Waals surface area contributed by atoms with Gasteiger partial charge in [0.1, 0.15) is 5.76 Å². The van der Waals surface area contributed by atoms with Crippen LogP contribution >= 0.6 is 0 Å². The van der Waals surface area contributed by atoms with Gasteiger partial charge in [-0.1, -0.05) is 38.1 Å². The van der Waals surface area contributed by atoms with Crippen LogP contribution in [-0.4, -0.2) is 70.1 Å². The average molecular weight is 520 g/mol. The molecule has 0 radical (unpaired) electrons. The Kier molecular flexibility index (Phi) is 7.57. The Morgan fingerprint density at radius 3 is 2.63 bits per heavy atom. The van der Waals surface area contributed by atoms with E-state index >= 15 is 0 Å². The molecule has 1 aliphatic heterocycles. The number of carbonyl (C=O) groups excluding carboxylic acids is 1. The maximum absolute atomic E-state index is 12.4. The molecule has 38 heavy (non-hydrogen) atoms. The number of anilines is 2. The summed E-state index contributed by atoms with van der Waals surface area (Å²) in [6.07, 6.45) is 4.55. The van der Waals surface area contributed by atoms with E-state index in [2.05, 4.69) is 30.8 Å². The number of benzene rings is 1. The number of rotatable bonds is 8. The number of nitrogens with zero attached hydrogens (tertiary/aromatic N) is 5. The Balaban J connectivity index is 1.18. The van der Waals surface area contributed by atoms with Crippen molar-refractivity contribution in [2.45, 2.75) is 32.6 Å². The van der Waals surface area contributed by atoms with Gasteiger partial charge in [-0.05, 0) is 24.1 Å². The highest BCUT2D eigenvalue weighted by Crippen LogP contribution is 2.27. The summed E-state index contributed by atoms with van der Waals surface area (Å²) in [5.41, 5.74) is 2.95. The van der Waals surface area contributed by atoms with Crippen LogP contribution in [0.5, 0.6) is 5.88 Å². The molecular weight excluding hydrogens is 486 g/mol. The number of hydrogen-bond donors (Lipinski definition) is 2. The predicted molar refractivity (Wildman–Crippen MR) is 144 cm³/mol. The third-order valence-electron chi connectivity index (χ3n) is 6.26. The SMILES string of the molecule is CC(C)(C)c1cc(NC(=O)Nc2ccc(-c3cnn4ccc(OCCCN5CCOCC5)nc34)cc2)no1. The molecule has 0 saturated carbocycles. The first-order chi connectivity index (χ1) is 18.3. The lowest BCUT2D eigenvalue weighted by Crippen LogP contribution is -2.37. The van der Waals surface area contributed by atoms with E-state index in [4.69, 9.17) is 14.0 Å². The fourth-order valence-electron chi connectivity index (χ4n) is 4.13. The van der Waals surface area contributed by atoms with Crippen molar-refractivity contribution in [1.82, 2.24) is 24.7 Å². The molecular formula is C27H33N7O4. The van der Waals surface area contributed by atoms with E-state index < -0.39 is 6.03 Å². The lowest BCUT2D eigenvalue weighted by Gasteiger charge is -2.26. The summed E-state index contributed by atoms with van der Waals surface area (Å²) in [4.78, 5) is 19.5. The number of hydrogen-bond acceptors (Lipinski definition) is 8. The smallest absolute Gasteiger partial charge is 0.324 e. The highest BCUT2D eigenvalue weighted by molar-refractivity contribution is 5.99. The highest BCUT2D eigenvalue weighted by atomic mass is 16.5. The van der Waals surface area contributed by atoms with E-state index in [-0.39, 0.29) is 5.41 Å². The zero-order valence-electron chi connectivity index (χ0n) is 21.9. The topological polar surface area (TPSA) is 119 Å². The number of fused-ring (bicyclic) bond motifs is 1. The third-order valence-corrected chi connectivity index (χ3v) is 6.26. The van der Waals surface area contributed by atoms with Gasteiger partial charge in [0.05, 0.1) is 26.0 Å². The van der Waals surface area contributed by atoms with Crippen molar-refractivity contribution in [2.24, 2.45) is 0 Å². The molecule has 200 valence electrons. The normalized spacial score (nSPS) is 14.5. The minimum atomic E-state index is -0.403. The first-order valence-electron chi connectivity index (χ1n) is 12.8. The molecule has 1 fully saturated rings. The van der Waals surface area contributed by atoms with Gasteiger partial charge in [0, 0.05) is 54.6 Å². The van der Waals surface area contributed by atoms with Gasteiger partial charge < -0.3 is 19.3 Å². The van der Waals surface area contributed by atoms with Gasteiger partial charge in [0.25, 0.3) is 0 Å². The van der Waals surface area contributed by atoms with Crippen molar-refractivity contribution in [3.05, 3.63) is 54.6 Å².